The zero-order valence-electron chi connectivity index (χ0n) is 24.6. The predicted molar refractivity (Wildman–Crippen MR) is 164 cm³/mol. The van der Waals surface area contributed by atoms with E-state index in [0.717, 1.165) is 0 Å². The lowest BCUT2D eigenvalue weighted by Gasteiger charge is -2.09. The number of methoxy groups -OCH3 is 2. The monoisotopic (exact) mass is 616 g/mol. The number of rotatable bonds is 10. The molecular weight excluding hydrogens is 584 g/mol. The molecule has 6 N–H and O–H groups in total. The number of ketones is 3. The lowest BCUT2D eigenvalue weighted by molar-refractivity contribution is 0.0816. The summed E-state index contributed by atoms with van der Waals surface area (Å²) in [7, 11) is 2.80. The van der Waals surface area contributed by atoms with Crippen LogP contribution in [0.3, 0.4) is 0 Å². The minimum absolute atomic E-state index is 0.0110. The molecule has 0 unspecified atom stereocenters. The van der Waals surface area contributed by atoms with Gasteiger partial charge in [0.25, 0.3) is 0 Å². The molecule has 11 nitrogen and oxygen atoms in total. The molecule has 4 aromatic carbocycles. The molecule has 0 saturated heterocycles. The number of phenolic OH excluding ortho intramolecular Hbond substituents is 2. The van der Waals surface area contributed by atoms with E-state index in [1.54, 1.807) is 25.1 Å². The van der Waals surface area contributed by atoms with Gasteiger partial charge in [-0.25, -0.2) is 0 Å². The van der Waals surface area contributed by atoms with Gasteiger partial charge in [-0.1, -0.05) is 12.1 Å². The van der Waals surface area contributed by atoms with E-state index in [0.29, 0.717) is 16.9 Å². The number of hydrogen-bond donors (Lipinski definition) is 6. The Hall–Kier alpha value is -5.65. The van der Waals surface area contributed by atoms with Gasteiger partial charge >= 0.3 is 0 Å². The highest BCUT2D eigenvalue weighted by atomic mass is 16.5. The number of aryl methyl sites for hydroxylation is 1. The Bertz CT molecular complexity index is 1730. The summed E-state index contributed by atoms with van der Waals surface area (Å²) in [4.78, 5) is 36.6. The number of carbonyl (C=O) groups is 3. The summed E-state index contributed by atoms with van der Waals surface area (Å²) in [5, 5.41) is 56.6. The number of phenols is 4. The lowest BCUT2D eigenvalue weighted by atomic mass is 9.98. The fraction of sp³-hybridized carbons (Fsp3) is 0.147. The molecule has 234 valence electrons. The van der Waals surface area contributed by atoms with Crippen LogP contribution in [0.15, 0.2) is 72.8 Å². The van der Waals surface area contributed by atoms with Crippen LogP contribution in [0.2, 0.25) is 0 Å². The van der Waals surface area contributed by atoms with Gasteiger partial charge in [-0.3, -0.25) is 14.4 Å². The number of aliphatic hydroxyl groups is 2. The summed E-state index contributed by atoms with van der Waals surface area (Å²) < 4.78 is 10.0. The minimum atomic E-state index is -0.741. The van der Waals surface area contributed by atoms with Crippen molar-refractivity contribution in [2.24, 2.45) is 0 Å². The second-order valence-electron chi connectivity index (χ2n) is 9.63. The van der Waals surface area contributed by atoms with Crippen molar-refractivity contribution in [2.75, 3.05) is 14.2 Å². The Morgan fingerprint density at radius 2 is 1.20 bits per heavy atom. The number of benzene rings is 4. The van der Waals surface area contributed by atoms with E-state index in [9.17, 15) is 39.9 Å². The van der Waals surface area contributed by atoms with Gasteiger partial charge in [0.2, 0.25) is 11.6 Å². The van der Waals surface area contributed by atoms with E-state index in [1.807, 2.05) is 0 Å². The summed E-state index contributed by atoms with van der Waals surface area (Å²) in [5.41, 5.74) is 2.09. The van der Waals surface area contributed by atoms with Crippen LogP contribution in [-0.4, -0.2) is 62.2 Å². The minimum Gasteiger partial charge on any atom is -0.508 e. The highest BCUT2D eigenvalue weighted by Gasteiger charge is 2.20. The maximum absolute atomic E-state index is 12.3. The summed E-state index contributed by atoms with van der Waals surface area (Å²) in [6.45, 7) is 0.780. The van der Waals surface area contributed by atoms with Crippen LogP contribution in [0, 0.1) is 6.92 Å². The molecule has 4 rings (SSSR count). The topological polar surface area (TPSA) is 191 Å². The van der Waals surface area contributed by atoms with Crippen molar-refractivity contribution in [1.82, 2.24) is 0 Å². The third kappa shape index (κ3) is 8.25. The van der Waals surface area contributed by atoms with E-state index in [1.165, 1.54) is 74.9 Å². The number of Topliss-reactive ketones (excluding diaryl/α,β-unsaturated/α-hetero) is 2. The molecule has 0 bridgehead atoms. The van der Waals surface area contributed by atoms with Gasteiger partial charge in [0.15, 0.2) is 28.8 Å². The van der Waals surface area contributed by atoms with Crippen LogP contribution in [0.5, 0.6) is 34.5 Å². The fourth-order valence-electron chi connectivity index (χ4n) is 4.06. The van der Waals surface area contributed by atoms with Crippen LogP contribution >= 0.6 is 0 Å². The Kier molecular flexibility index (Phi) is 11.4. The first-order valence-corrected chi connectivity index (χ1v) is 13.4. The van der Waals surface area contributed by atoms with E-state index in [-0.39, 0.29) is 62.3 Å². The van der Waals surface area contributed by atoms with Crippen LogP contribution in [0.1, 0.15) is 53.3 Å². The average molecular weight is 617 g/mol. The van der Waals surface area contributed by atoms with Crippen molar-refractivity contribution in [3.05, 3.63) is 112 Å². The van der Waals surface area contributed by atoms with Crippen LogP contribution < -0.4 is 9.47 Å². The Morgan fingerprint density at radius 1 is 0.644 bits per heavy atom. The van der Waals surface area contributed by atoms with Crippen molar-refractivity contribution in [3.63, 3.8) is 0 Å². The zero-order valence-corrected chi connectivity index (χ0v) is 24.6. The van der Waals surface area contributed by atoms with Gasteiger partial charge in [-0.15, -0.1) is 0 Å². The summed E-state index contributed by atoms with van der Waals surface area (Å²) in [6, 6.07) is 15.5. The zero-order chi connectivity index (χ0) is 33.3. The molecule has 4 aromatic rings. The molecule has 0 radical (unpaired) electrons. The van der Waals surface area contributed by atoms with Gasteiger partial charge in [0, 0.05) is 27.8 Å². The number of hydrogen-bond acceptors (Lipinski definition) is 11. The molecule has 11 heteroatoms. The number of aromatic hydroxyl groups is 4. The second-order valence-corrected chi connectivity index (χ2v) is 9.63. The van der Waals surface area contributed by atoms with E-state index < -0.39 is 24.8 Å². The van der Waals surface area contributed by atoms with Gasteiger partial charge in [-0.2, -0.15) is 0 Å². The molecule has 0 aliphatic carbocycles. The molecular formula is C34H32O11. The molecule has 0 aliphatic heterocycles. The van der Waals surface area contributed by atoms with Crippen LogP contribution in [0.25, 0.3) is 6.08 Å². The molecule has 0 spiro atoms. The largest absolute Gasteiger partial charge is 0.508 e. The SMILES string of the molecule is COc1cc(/C=C/C(=O)c2cc(CO)c(O)c(OC)c2)ccc1O.Cc1cc(C(=O)C(=O)c2ccc(O)c(CO)c2)ccc1O. The first-order valence-electron chi connectivity index (χ1n) is 13.4. The Balaban J connectivity index is 0.000000248. The molecule has 0 fully saturated rings. The van der Waals surface area contributed by atoms with Crippen molar-refractivity contribution >= 4 is 23.4 Å². The summed E-state index contributed by atoms with van der Waals surface area (Å²) in [6.07, 6.45) is 2.92. The van der Waals surface area contributed by atoms with E-state index in [4.69, 9.17) is 14.6 Å². The fourth-order valence-corrected chi connectivity index (χ4v) is 4.06. The second kappa shape index (κ2) is 15.2. The Morgan fingerprint density at radius 3 is 1.78 bits per heavy atom. The number of aliphatic hydroxyl groups excluding tert-OH is 2. The molecule has 0 saturated carbocycles. The summed E-state index contributed by atoms with van der Waals surface area (Å²) in [5.74, 6) is -1.63. The first-order chi connectivity index (χ1) is 21.4. The van der Waals surface area contributed by atoms with Gasteiger partial charge in [0.05, 0.1) is 27.4 Å². The highest BCUT2D eigenvalue weighted by molar-refractivity contribution is 6.49. The maximum atomic E-state index is 12.3. The van der Waals surface area contributed by atoms with Crippen LogP contribution in [-0.2, 0) is 13.2 Å². The van der Waals surface area contributed by atoms with E-state index >= 15 is 0 Å². The van der Waals surface area contributed by atoms with Crippen molar-refractivity contribution in [1.29, 1.82) is 0 Å². The third-order valence-corrected chi connectivity index (χ3v) is 6.64. The highest BCUT2D eigenvalue weighted by Crippen LogP contribution is 2.32. The third-order valence-electron chi connectivity index (χ3n) is 6.64. The van der Waals surface area contributed by atoms with Gasteiger partial charge in [0.1, 0.15) is 11.5 Å². The van der Waals surface area contributed by atoms with Crippen LogP contribution in [0.4, 0.5) is 0 Å². The molecule has 0 amide bonds. The molecule has 45 heavy (non-hydrogen) atoms. The van der Waals surface area contributed by atoms with E-state index in [2.05, 4.69) is 0 Å². The van der Waals surface area contributed by atoms with Gasteiger partial charge in [-0.05, 0) is 84.8 Å². The lowest BCUT2D eigenvalue weighted by Crippen LogP contribution is -2.15. The predicted octanol–water partition coefficient (Wildman–Crippen LogP) is 4.47. The van der Waals surface area contributed by atoms with Crippen molar-refractivity contribution in [2.45, 2.75) is 20.1 Å². The molecule has 0 aromatic heterocycles. The first kappa shape index (κ1) is 33.8. The molecule has 0 aliphatic rings. The van der Waals surface area contributed by atoms with Crippen molar-refractivity contribution < 1.29 is 54.5 Å². The maximum Gasteiger partial charge on any atom is 0.233 e. The quantitative estimate of drug-likeness (QED) is 0.0837. The Labute approximate surface area is 258 Å². The molecule has 0 heterocycles. The summed E-state index contributed by atoms with van der Waals surface area (Å²) >= 11 is 0. The average Bonchev–Trinajstić information content (AvgIpc) is 3.05. The number of carbonyl (C=O) groups excluding carboxylic acids is 3. The van der Waals surface area contributed by atoms with Crippen molar-refractivity contribution in [3.8, 4) is 34.5 Å². The number of allylic oxidation sites excluding steroid dienone is 1. The normalized spacial score (nSPS) is 10.6. The standard InChI is InChI=1S/C18H18O6.C16H14O5/c1-23-16-7-11(4-6-15(16)21)3-5-14(20)12-8-13(10-19)18(22)17(9-12)24-2;1-9-6-10(2-4-13(9)18)15(20)16(21)11-3-5-14(19)12(7-11)8-17/h3-9,19,21-22H,10H2,1-2H3;2-7,17-19H,8H2,1H3/b5-3+;. The smallest absolute Gasteiger partial charge is 0.233 e. The number of ether oxygens (including phenoxy) is 2. The van der Waals surface area contributed by atoms with Gasteiger partial charge < -0.3 is 40.1 Å². The molecule has 0 atom stereocenters.